The Morgan fingerprint density at radius 3 is 2.64 bits per heavy atom. The van der Waals surface area contributed by atoms with Gasteiger partial charge in [-0.25, -0.2) is 0 Å². The van der Waals surface area contributed by atoms with Crippen LogP contribution in [0.15, 0.2) is 36.4 Å². The molecule has 2 aromatic rings. The molecule has 0 unspecified atom stereocenters. The fourth-order valence-corrected chi connectivity index (χ4v) is 1.74. The second-order valence-corrected chi connectivity index (χ2v) is 3.29. The van der Waals surface area contributed by atoms with Crippen molar-refractivity contribution in [2.45, 2.75) is 13.3 Å². The van der Waals surface area contributed by atoms with Crippen LogP contribution in [-0.2, 0) is 6.42 Å². The molecule has 0 bridgehead atoms. The van der Waals surface area contributed by atoms with Gasteiger partial charge in [-0.2, -0.15) is 5.26 Å². The predicted octanol–water partition coefficient (Wildman–Crippen LogP) is 3.27. The molecule has 0 atom stereocenters. The van der Waals surface area contributed by atoms with E-state index in [2.05, 4.69) is 19.1 Å². The summed E-state index contributed by atoms with van der Waals surface area (Å²) in [6, 6.07) is 14.4. The maximum absolute atomic E-state index is 9.10. The van der Waals surface area contributed by atoms with Gasteiger partial charge in [-0.05, 0) is 22.8 Å². The van der Waals surface area contributed by atoms with Crippen LogP contribution in [0.3, 0.4) is 0 Å². The molecule has 0 aromatic heterocycles. The third-order valence-electron chi connectivity index (χ3n) is 2.51. The van der Waals surface area contributed by atoms with Crippen molar-refractivity contribution >= 4 is 10.8 Å². The van der Waals surface area contributed by atoms with Crippen molar-refractivity contribution in [3.8, 4) is 6.07 Å². The summed E-state index contributed by atoms with van der Waals surface area (Å²) in [7, 11) is 0. The fraction of sp³-hybridized carbons (Fsp3) is 0.154. The first kappa shape index (κ1) is 8.77. The number of hydrogen-bond acceptors (Lipinski definition) is 1. The molecule has 14 heavy (non-hydrogen) atoms. The van der Waals surface area contributed by atoms with Gasteiger partial charge in [0.2, 0.25) is 0 Å². The molecular weight excluding hydrogens is 170 g/mol. The summed E-state index contributed by atoms with van der Waals surface area (Å²) in [6.45, 7) is 2.07. The minimum Gasteiger partial charge on any atom is -0.192 e. The molecule has 1 nitrogen and oxygen atoms in total. The molecule has 0 N–H and O–H groups in total. The monoisotopic (exact) mass is 181 g/mol. The van der Waals surface area contributed by atoms with Gasteiger partial charge in [-0.3, -0.25) is 0 Å². The second-order valence-electron chi connectivity index (χ2n) is 3.29. The molecule has 0 amide bonds. The highest BCUT2D eigenvalue weighted by Gasteiger charge is 2.04. The van der Waals surface area contributed by atoms with Gasteiger partial charge in [0.1, 0.15) is 6.07 Å². The summed E-state index contributed by atoms with van der Waals surface area (Å²) in [5.41, 5.74) is 1.96. The largest absolute Gasteiger partial charge is 0.192 e. The lowest BCUT2D eigenvalue weighted by atomic mass is 9.98. The van der Waals surface area contributed by atoms with Crippen molar-refractivity contribution in [2.75, 3.05) is 0 Å². The standard InChI is InChI=1S/C13H11N/c1-2-10-7-8-11-5-3-4-6-12(11)13(10)9-14/h3-8H,2H2,1H3. The number of fused-ring (bicyclic) bond motifs is 1. The third-order valence-corrected chi connectivity index (χ3v) is 2.51. The summed E-state index contributed by atoms with van der Waals surface area (Å²) in [5, 5.41) is 11.3. The molecule has 68 valence electrons. The number of nitriles is 1. The van der Waals surface area contributed by atoms with Gasteiger partial charge in [0.15, 0.2) is 0 Å². The summed E-state index contributed by atoms with van der Waals surface area (Å²) in [4.78, 5) is 0. The van der Waals surface area contributed by atoms with Crippen molar-refractivity contribution in [1.82, 2.24) is 0 Å². The number of rotatable bonds is 1. The molecule has 0 spiro atoms. The molecule has 0 radical (unpaired) electrons. The van der Waals surface area contributed by atoms with E-state index in [0.29, 0.717) is 0 Å². The summed E-state index contributed by atoms with van der Waals surface area (Å²) in [5.74, 6) is 0. The lowest BCUT2D eigenvalue weighted by Gasteiger charge is -2.04. The fourth-order valence-electron chi connectivity index (χ4n) is 1.74. The molecule has 0 aliphatic rings. The van der Waals surface area contributed by atoms with Crippen LogP contribution in [0.4, 0.5) is 0 Å². The van der Waals surface area contributed by atoms with Gasteiger partial charge in [0, 0.05) is 0 Å². The highest BCUT2D eigenvalue weighted by atomic mass is 14.2. The molecule has 0 aliphatic heterocycles. The van der Waals surface area contributed by atoms with Gasteiger partial charge in [-0.1, -0.05) is 43.3 Å². The number of nitrogens with zero attached hydrogens (tertiary/aromatic N) is 1. The maximum Gasteiger partial charge on any atom is 0.100 e. The van der Waals surface area contributed by atoms with E-state index >= 15 is 0 Å². The van der Waals surface area contributed by atoms with Crippen molar-refractivity contribution < 1.29 is 0 Å². The number of aryl methyl sites for hydroxylation is 1. The minimum absolute atomic E-state index is 0.825. The van der Waals surface area contributed by atoms with Gasteiger partial charge < -0.3 is 0 Å². The lowest BCUT2D eigenvalue weighted by molar-refractivity contribution is 1.13. The van der Waals surface area contributed by atoms with Crippen LogP contribution in [0.2, 0.25) is 0 Å². The SMILES string of the molecule is CCc1ccc2ccccc2c1C#N. The Morgan fingerprint density at radius 1 is 1.14 bits per heavy atom. The van der Waals surface area contributed by atoms with Crippen molar-refractivity contribution in [2.24, 2.45) is 0 Å². The zero-order valence-corrected chi connectivity index (χ0v) is 8.12. The highest BCUT2D eigenvalue weighted by molar-refractivity contribution is 5.88. The molecule has 0 saturated carbocycles. The Bertz CT molecular complexity index is 506. The maximum atomic E-state index is 9.10. The summed E-state index contributed by atoms with van der Waals surface area (Å²) in [6.07, 6.45) is 0.910. The molecule has 0 heterocycles. The zero-order chi connectivity index (χ0) is 9.97. The predicted molar refractivity (Wildman–Crippen MR) is 58.0 cm³/mol. The Labute approximate surface area is 83.6 Å². The van der Waals surface area contributed by atoms with Crippen LogP contribution >= 0.6 is 0 Å². The van der Waals surface area contributed by atoms with Crippen molar-refractivity contribution in [1.29, 1.82) is 5.26 Å². The Balaban J connectivity index is 2.85. The highest BCUT2D eigenvalue weighted by Crippen LogP contribution is 2.21. The number of benzene rings is 2. The quantitative estimate of drug-likeness (QED) is 0.662. The van der Waals surface area contributed by atoms with Gasteiger partial charge in [0.25, 0.3) is 0 Å². The summed E-state index contributed by atoms with van der Waals surface area (Å²) < 4.78 is 0. The summed E-state index contributed by atoms with van der Waals surface area (Å²) >= 11 is 0. The molecule has 0 saturated heterocycles. The molecule has 2 rings (SSSR count). The first-order valence-corrected chi connectivity index (χ1v) is 4.77. The van der Waals surface area contributed by atoms with E-state index in [-0.39, 0.29) is 0 Å². The van der Waals surface area contributed by atoms with E-state index in [1.807, 2.05) is 30.3 Å². The van der Waals surface area contributed by atoms with Crippen LogP contribution in [0.5, 0.6) is 0 Å². The van der Waals surface area contributed by atoms with E-state index in [1.54, 1.807) is 0 Å². The molecule has 0 fully saturated rings. The zero-order valence-electron chi connectivity index (χ0n) is 8.12. The lowest BCUT2D eigenvalue weighted by Crippen LogP contribution is -1.88. The van der Waals surface area contributed by atoms with E-state index in [9.17, 15) is 0 Å². The third kappa shape index (κ3) is 1.25. The van der Waals surface area contributed by atoms with Gasteiger partial charge in [-0.15, -0.1) is 0 Å². The molecule has 0 aliphatic carbocycles. The van der Waals surface area contributed by atoms with Crippen LogP contribution in [0, 0.1) is 11.3 Å². The smallest absolute Gasteiger partial charge is 0.100 e. The van der Waals surface area contributed by atoms with Crippen LogP contribution in [0.1, 0.15) is 18.1 Å². The van der Waals surface area contributed by atoms with E-state index in [0.717, 1.165) is 28.3 Å². The van der Waals surface area contributed by atoms with Crippen molar-refractivity contribution in [3.63, 3.8) is 0 Å². The van der Waals surface area contributed by atoms with Crippen LogP contribution < -0.4 is 0 Å². The second kappa shape index (κ2) is 3.51. The first-order chi connectivity index (χ1) is 6.86. The van der Waals surface area contributed by atoms with Crippen molar-refractivity contribution in [3.05, 3.63) is 47.5 Å². The minimum atomic E-state index is 0.825. The topological polar surface area (TPSA) is 23.8 Å². The first-order valence-electron chi connectivity index (χ1n) is 4.77. The van der Waals surface area contributed by atoms with E-state index < -0.39 is 0 Å². The molecule has 2 aromatic carbocycles. The Hall–Kier alpha value is -1.81. The number of hydrogen-bond donors (Lipinski definition) is 0. The van der Waals surface area contributed by atoms with Gasteiger partial charge >= 0.3 is 0 Å². The Kier molecular flexibility index (Phi) is 2.20. The van der Waals surface area contributed by atoms with Gasteiger partial charge in [0.05, 0.1) is 5.56 Å². The van der Waals surface area contributed by atoms with Crippen LogP contribution in [-0.4, -0.2) is 0 Å². The normalized spacial score (nSPS) is 10.0. The van der Waals surface area contributed by atoms with Crippen LogP contribution in [0.25, 0.3) is 10.8 Å². The average molecular weight is 181 g/mol. The Morgan fingerprint density at radius 2 is 1.93 bits per heavy atom. The van der Waals surface area contributed by atoms with E-state index in [4.69, 9.17) is 5.26 Å². The molecular formula is C13H11N. The van der Waals surface area contributed by atoms with E-state index in [1.165, 1.54) is 0 Å². The average Bonchev–Trinajstić information content (AvgIpc) is 2.27. The molecule has 1 heteroatoms.